The zero-order chi connectivity index (χ0) is 14.4. The molecule has 0 bridgehead atoms. The van der Waals surface area contributed by atoms with Gasteiger partial charge in [0.2, 0.25) is 0 Å². The molecular weight excluding hydrogens is 249 g/mol. The van der Waals surface area contributed by atoms with Crippen LogP contribution in [-0.2, 0) is 12.8 Å². The number of nitrogens with one attached hydrogen (secondary N) is 1. The molecule has 2 rings (SSSR count). The first-order valence-electron chi connectivity index (χ1n) is 7.28. The van der Waals surface area contributed by atoms with Crippen molar-refractivity contribution in [1.82, 2.24) is 0 Å². The number of para-hydroxylation sites is 1. The van der Waals surface area contributed by atoms with Crippen molar-refractivity contribution in [3.05, 3.63) is 65.5 Å². The summed E-state index contributed by atoms with van der Waals surface area (Å²) in [6, 6.07) is 15.5. The molecule has 0 aliphatic heterocycles. The van der Waals surface area contributed by atoms with Gasteiger partial charge in [-0.1, -0.05) is 43.7 Å². The number of rotatable bonds is 6. The van der Waals surface area contributed by atoms with Crippen LogP contribution in [0.2, 0.25) is 0 Å². The van der Waals surface area contributed by atoms with E-state index in [2.05, 4.69) is 43.4 Å². The van der Waals surface area contributed by atoms with Crippen molar-refractivity contribution >= 4 is 5.69 Å². The highest BCUT2D eigenvalue weighted by atomic mass is 19.1. The Morgan fingerprint density at radius 2 is 1.90 bits per heavy atom. The van der Waals surface area contributed by atoms with Crippen LogP contribution < -0.4 is 5.32 Å². The third-order valence-corrected chi connectivity index (χ3v) is 3.37. The molecule has 20 heavy (non-hydrogen) atoms. The normalized spacial score (nSPS) is 12.2. The minimum atomic E-state index is -0.166. The molecule has 0 amide bonds. The van der Waals surface area contributed by atoms with Crippen molar-refractivity contribution in [1.29, 1.82) is 0 Å². The summed E-state index contributed by atoms with van der Waals surface area (Å²) in [5.74, 6) is -0.166. The van der Waals surface area contributed by atoms with E-state index in [9.17, 15) is 4.39 Å². The Morgan fingerprint density at radius 1 is 1.10 bits per heavy atom. The molecule has 0 spiro atoms. The Kier molecular flexibility index (Phi) is 5.16. The van der Waals surface area contributed by atoms with Crippen molar-refractivity contribution in [2.24, 2.45) is 0 Å². The van der Waals surface area contributed by atoms with Crippen molar-refractivity contribution in [2.75, 3.05) is 5.32 Å². The summed E-state index contributed by atoms with van der Waals surface area (Å²) < 4.78 is 13.2. The topological polar surface area (TPSA) is 12.0 Å². The number of hydrogen-bond donors (Lipinski definition) is 1. The van der Waals surface area contributed by atoms with Crippen LogP contribution in [0, 0.1) is 5.82 Å². The molecule has 0 aliphatic rings. The van der Waals surface area contributed by atoms with E-state index in [4.69, 9.17) is 0 Å². The maximum Gasteiger partial charge on any atom is 0.123 e. The van der Waals surface area contributed by atoms with Gasteiger partial charge in [0.05, 0.1) is 0 Å². The molecule has 0 fully saturated rings. The van der Waals surface area contributed by atoms with Crippen LogP contribution in [0.25, 0.3) is 0 Å². The average molecular weight is 271 g/mol. The van der Waals surface area contributed by atoms with Crippen LogP contribution in [0.15, 0.2) is 48.5 Å². The van der Waals surface area contributed by atoms with Gasteiger partial charge >= 0.3 is 0 Å². The molecule has 0 heterocycles. The molecule has 0 aromatic heterocycles. The molecule has 1 N–H and O–H groups in total. The van der Waals surface area contributed by atoms with Crippen molar-refractivity contribution in [3.8, 4) is 0 Å². The van der Waals surface area contributed by atoms with Gasteiger partial charge in [0.1, 0.15) is 5.82 Å². The molecule has 2 heteroatoms. The van der Waals surface area contributed by atoms with Gasteiger partial charge in [-0.25, -0.2) is 4.39 Å². The predicted molar refractivity (Wildman–Crippen MR) is 83.6 cm³/mol. The Morgan fingerprint density at radius 3 is 2.65 bits per heavy atom. The summed E-state index contributed by atoms with van der Waals surface area (Å²) in [6.07, 6.45) is 3.03. The van der Waals surface area contributed by atoms with Crippen LogP contribution >= 0.6 is 0 Å². The molecule has 2 aromatic rings. The second-order valence-corrected chi connectivity index (χ2v) is 5.29. The first kappa shape index (κ1) is 14.6. The highest BCUT2D eigenvalue weighted by Crippen LogP contribution is 2.19. The van der Waals surface area contributed by atoms with Gasteiger partial charge in [-0.15, -0.1) is 0 Å². The second kappa shape index (κ2) is 7.09. The standard InChI is InChI=1S/C18H22FN/c1-3-7-16-9-4-5-11-18(16)20-14(2)12-15-8-6-10-17(19)13-15/h4-6,8-11,13-14,20H,3,7,12H2,1-2H3. The lowest BCUT2D eigenvalue weighted by Gasteiger charge is -2.18. The van der Waals surface area contributed by atoms with E-state index < -0.39 is 0 Å². The van der Waals surface area contributed by atoms with E-state index in [0.717, 1.165) is 24.8 Å². The molecule has 1 atom stereocenters. The maximum atomic E-state index is 13.2. The maximum absolute atomic E-state index is 13.2. The first-order chi connectivity index (χ1) is 9.69. The number of aryl methyl sites for hydroxylation is 1. The van der Waals surface area contributed by atoms with Crippen LogP contribution in [0.3, 0.4) is 0 Å². The number of benzene rings is 2. The first-order valence-corrected chi connectivity index (χ1v) is 7.28. The SMILES string of the molecule is CCCc1ccccc1NC(C)Cc1cccc(F)c1. The molecule has 0 saturated carbocycles. The molecular formula is C18H22FN. The molecule has 106 valence electrons. The minimum Gasteiger partial charge on any atom is -0.382 e. The third-order valence-electron chi connectivity index (χ3n) is 3.37. The van der Waals surface area contributed by atoms with E-state index in [1.807, 2.05) is 6.07 Å². The van der Waals surface area contributed by atoms with Crippen molar-refractivity contribution in [3.63, 3.8) is 0 Å². The quantitative estimate of drug-likeness (QED) is 0.794. The van der Waals surface area contributed by atoms with Crippen LogP contribution in [0.1, 0.15) is 31.4 Å². The molecule has 1 nitrogen and oxygen atoms in total. The lowest BCUT2D eigenvalue weighted by atomic mass is 10.0. The Hall–Kier alpha value is -1.83. The van der Waals surface area contributed by atoms with Gasteiger partial charge in [-0.2, -0.15) is 0 Å². The summed E-state index contributed by atoms with van der Waals surface area (Å²) in [6.45, 7) is 4.32. The van der Waals surface area contributed by atoms with Crippen molar-refractivity contribution < 1.29 is 4.39 Å². The second-order valence-electron chi connectivity index (χ2n) is 5.29. The Balaban J connectivity index is 2.02. The molecule has 1 unspecified atom stereocenters. The van der Waals surface area contributed by atoms with Gasteiger partial charge in [0, 0.05) is 11.7 Å². The van der Waals surface area contributed by atoms with Gasteiger partial charge < -0.3 is 5.32 Å². The van der Waals surface area contributed by atoms with E-state index >= 15 is 0 Å². The molecule has 0 saturated heterocycles. The zero-order valence-electron chi connectivity index (χ0n) is 12.2. The number of halogens is 1. The molecule has 0 aliphatic carbocycles. The fourth-order valence-electron chi connectivity index (χ4n) is 2.48. The van der Waals surface area contributed by atoms with E-state index in [1.54, 1.807) is 12.1 Å². The average Bonchev–Trinajstić information content (AvgIpc) is 2.41. The largest absolute Gasteiger partial charge is 0.382 e. The summed E-state index contributed by atoms with van der Waals surface area (Å²) in [4.78, 5) is 0. The van der Waals surface area contributed by atoms with Gasteiger partial charge in [0.15, 0.2) is 0 Å². The highest BCUT2D eigenvalue weighted by molar-refractivity contribution is 5.52. The number of anilines is 1. The van der Waals surface area contributed by atoms with E-state index in [1.165, 1.54) is 17.3 Å². The smallest absolute Gasteiger partial charge is 0.123 e. The highest BCUT2D eigenvalue weighted by Gasteiger charge is 2.07. The van der Waals surface area contributed by atoms with E-state index in [0.29, 0.717) is 0 Å². The van der Waals surface area contributed by atoms with Gasteiger partial charge in [0.25, 0.3) is 0 Å². The summed E-state index contributed by atoms with van der Waals surface area (Å²) >= 11 is 0. The van der Waals surface area contributed by atoms with Crippen LogP contribution in [0.5, 0.6) is 0 Å². The fraction of sp³-hybridized carbons (Fsp3) is 0.333. The Bertz CT molecular complexity index is 551. The summed E-state index contributed by atoms with van der Waals surface area (Å²) in [7, 11) is 0. The fourth-order valence-corrected chi connectivity index (χ4v) is 2.48. The minimum absolute atomic E-state index is 0.166. The lowest BCUT2D eigenvalue weighted by molar-refractivity contribution is 0.624. The predicted octanol–water partition coefficient (Wildman–Crippen LogP) is 4.82. The van der Waals surface area contributed by atoms with Crippen LogP contribution in [0.4, 0.5) is 10.1 Å². The van der Waals surface area contributed by atoms with E-state index in [-0.39, 0.29) is 11.9 Å². The monoisotopic (exact) mass is 271 g/mol. The molecule has 0 radical (unpaired) electrons. The zero-order valence-corrected chi connectivity index (χ0v) is 12.2. The van der Waals surface area contributed by atoms with Gasteiger partial charge in [-0.3, -0.25) is 0 Å². The lowest BCUT2D eigenvalue weighted by Crippen LogP contribution is -2.19. The molecule has 2 aromatic carbocycles. The van der Waals surface area contributed by atoms with Gasteiger partial charge in [-0.05, 0) is 49.1 Å². The van der Waals surface area contributed by atoms with Crippen molar-refractivity contribution in [2.45, 2.75) is 39.2 Å². The van der Waals surface area contributed by atoms with Crippen LogP contribution in [-0.4, -0.2) is 6.04 Å². The summed E-state index contributed by atoms with van der Waals surface area (Å²) in [5.41, 5.74) is 3.57. The third kappa shape index (κ3) is 4.09. The Labute approximate surface area is 120 Å². The number of hydrogen-bond acceptors (Lipinski definition) is 1. The summed E-state index contributed by atoms with van der Waals surface area (Å²) in [5, 5.41) is 3.54.